The van der Waals surface area contributed by atoms with Crippen molar-refractivity contribution in [1.29, 1.82) is 0 Å². The minimum absolute atomic E-state index is 0.963. The fourth-order valence-corrected chi connectivity index (χ4v) is 2.23. The van der Waals surface area contributed by atoms with Gasteiger partial charge in [0.2, 0.25) is 0 Å². The van der Waals surface area contributed by atoms with E-state index in [1.54, 1.807) is 6.20 Å². The topological polar surface area (TPSA) is 42.7 Å². The lowest BCUT2D eigenvalue weighted by atomic mass is 10.1. The molecule has 1 aromatic heterocycles. The monoisotopic (exact) mass is 266 g/mol. The van der Waals surface area contributed by atoms with Gasteiger partial charge in [0.1, 0.15) is 0 Å². The molecule has 0 aliphatic heterocycles. The van der Waals surface area contributed by atoms with E-state index in [2.05, 4.69) is 22.6 Å². The van der Waals surface area contributed by atoms with E-state index in [9.17, 15) is 0 Å². The van der Waals surface area contributed by atoms with Gasteiger partial charge in [-0.2, -0.15) is 0 Å². The van der Waals surface area contributed by atoms with Gasteiger partial charge in [-0.3, -0.25) is 4.68 Å². The van der Waals surface area contributed by atoms with Gasteiger partial charge in [-0.05, 0) is 25.9 Å². The van der Waals surface area contributed by atoms with Crippen LogP contribution in [0.15, 0.2) is 12.4 Å². The molecule has 0 atom stereocenters. The van der Waals surface area contributed by atoms with E-state index in [-0.39, 0.29) is 0 Å². The van der Waals surface area contributed by atoms with Crippen LogP contribution in [0.25, 0.3) is 0 Å². The highest BCUT2D eigenvalue weighted by Gasteiger charge is 1.93. The third-order valence-corrected chi connectivity index (χ3v) is 3.42. The summed E-state index contributed by atoms with van der Waals surface area (Å²) in [4.78, 5) is 0. The molecule has 0 saturated heterocycles. The Morgan fingerprint density at radius 1 is 0.895 bits per heavy atom. The predicted molar refractivity (Wildman–Crippen MR) is 80.1 cm³/mol. The van der Waals surface area contributed by atoms with Crippen LogP contribution in [0.3, 0.4) is 0 Å². The summed E-state index contributed by atoms with van der Waals surface area (Å²) in [6.45, 7) is 5.47. The fraction of sp³-hybridized carbons (Fsp3) is 0.867. The van der Waals surface area contributed by atoms with Gasteiger partial charge in [-0.25, -0.2) is 0 Å². The van der Waals surface area contributed by atoms with E-state index in [1.807, 2.05) is 10.9 Å². The van der Waals surface area contributed by atoms with Crippen molar-refractivity contribution >= 4 is 0 Å². The maximum Gasteiger partial charge on any atom is 0.0692 e. The number of unbranched alkanes of at least 4 members (excludes halogenated alkanes) is 7. The van der Waals surface area contributed by atoms with Gasteiger partial charge in [0, 0.05) is 12.7 Å². The zero-order valence-electron chi connectivity index (χ0n) is 12.5. The smallest absolute Gasteiger partial charge is 0.0692 e. The van der Waals surface area contributed by atoms with Crippen molar-refractivity contribution in [2.45, 2.75) is 71.3 Å². The van der Waals surface area contributed by atoms with Crippen LogP contribution in [-0.2, 0) is 6.54 Å². The van der Waals surface area contributed by atoms with E-state index in [0.717, 1.165) is 26.1 Å². The van der Waals surface area contributed by atoms with Gasteiger partial charge in [0.25, 0.3) is 0 Å². The Kier molecular flexibility index (Phi) is 10.3. The van der Waals surface area contributed by atoms with Crippen LogP contribution in [0.5, 0.6) is 0 Å². The van der Waals surface area contributed by atoms with Crippen molar-refractivity contribution in [1.82, 2.24) is 20.3 Å². The van der Waals surface area contributed by atoms with Gasteiger partial charge in [0.15, 0.2) is 0 Å². The molecule has 4 nitrogen and oxygen atoms in total. The molecule has 4 heteroatoms. The van der Waals surface area contributed by atoms with Crippen LogP contribution < -0.4 is 5.32 Å². The van der Waals surface area contributed by atoms with E-state index >= 15 is 0 Å². The molecule has 1 N–H and O–H groups in total. The summed E-state index contributed by atoms with van der Waals surface area (Å²) in [6.07, 6.45) is 15.9. The quantitative estimate of drug-likeness (QED) is 0.556. The summed E-state index contributed by atoms with van der Waals surface area (Å²) in [7, 11) is 0. The number of nitrogens with one attached hydrogen (secondary N) is 1. The molecule has 110 valence electrons. The molecule has 0 bridgehead atoms. The molecule has 19 heavy (non-hydrogen) atoms. The molecule has 1 heterocycles. The van der Waals surface area contributed by atoms with Crippen molar-refractivity contribution < 1.29 is 0 Å². The normalized spacial score (nSPS) is 11.0. The van der Waals surface area contributed by atoms with Crippen LogP contribution >= 0.6 is 0 Å². The van der Waals surface area contributed by atoms with E-state index in [4.69, 9.17) is 0 Å². The summed E-state index contributed by atoms with van der Waals surface area (Å²) in [5, 5.41) is 11.2. The van der Waals surface area contributed by atoms with Crippen LogP contribution in [0.1, 0.15) is 64.7 Å². The number of hydrogen-bond donors (Lipinski definition) is 1. The van der Waals surface area contributed by atoms with Crippen molar-refractivity contribution in [3.63, 3.8) is 0 Å². The second-order valence-corrected chi connectivity index (χ2v) is 5.24. The lowest BCUT2D eigenvalue weighted by molar-refractivity contribution is 0.514. The molecule has 0 unspecified atom stereocenters. The molecule has 0 amide bonds. The highest BCUT2D eigenvalue weighted by Crippen LogP contribution is 2.07. The first-order valence-electron chi connectivity index (χ1n) is 7.98. The Labute approximate surface area is 118 Å². The Balaban J connectivity index is 1.72. The van der Waals surface area contributed by atoms with E-state index in [1.165, 1.54) is 51.4 Å². The largest absolute Gasteiger partial charge is 0.317 e. The lowest BCUT2D eigenvalue weighted by Gasteiger charge is -2.05. The molecule has 0 radical (unpaired) electrons. The number of nitrogens with zero attached hydrogens (tertiary/aromatic N) is 3. The van der Waals surface area contributed by atoms with Crippen LogP contribution in [-0.4, -0.2) is 28.1 Å². The van der Waals surface area contributed by atoms with Crippen molar-refractivity contribution in [3.05, 3.63) is 12.4 Å². The predicted octanol–water partition coefficient (Wildman–Crippen LogP) is 3.40. The third kappa shape index (κ3) is 9.65. The summed E-state index contributed by atoms with van der Waals surface area (Å²) < 4.78 is 1.89. The number of rotatable bonds is 13. The molecule has 0 saturated carbocycles. The lowest BCUT2D eigenvalue weighted by Crippen LogP contribution is -2.18. The summed E-state index contributed by atoms with van der Waals surface area (Å²) >= 11 is 0. The van der Waals surface area contributed by atoms with Crippen LogP contribution in [0.2, 0.25) is 0 Å². The molecule has 0 aliphatic carbocycles. The van der Waals surface area contributed by atoms with Crippen molar-refractivity contribution in [2.24, 2.45) is 0 Å². The minimum atomic E-state index is 0.963. The highest BCUT2D eigenvalue weighted by atomic mass is 15.4. The maximum atomic E-state index is 3.94. The Bertz CT molecular complexity index is 272. The zero-order chi connectivity index (χ0) is 13.6. The Morgan fingerprint density at radius 3 is 2.26 bits per heavy atom. The standard InChI is InChI=1S/C15H30N4/c1-2-3-4-5-6-7-8-9-11-16-12-10-14-19-15-13-17-18-19/h13,15-16H,2-12,14H2,1H3. The van der Waals surface area contributed by atoms with Gasteiger partial charge >= 0.3 is 0 Å². The average molecular weight is 266 g/mol. The molecule has 0 aliphatic rings. The molecule has 1 rings (SSSR count). The minimum Gasteiger partial charge on any atom is -0.317 e. The molecule has 1 aromatic rings. The highest BCUT2D eigenvalue weighted by molar-refractivity contribution is 4.63. The summed E-state index contributed by atoms with van der Waals surface area (Å²) in [5.41, 5.74) is 0. The summed E-state index contributed by atoms with van der Waals surface area (Å²) in [5.74, 6) is 0. The third-order valence-electron chi connectivity index (χ3n) is 3.42. The molecular formula is C15H30N4. The zero-order valence-corrected chi connectivity index (χ0v) is 12.5. The van der Waals surface area contributed by atoms with Crippen molar-refractivity contribution in [2.75, 3.05) is 13.1 Å². The second kappa shape index (κ2) is 12.2. The first-order chi connectivity index (χ1) is 9.43. The SMILES string of the molecule is CCCCCCCCCCNCCCn1ccnn1. The first-order valence-corrected chi connectivity index (χ1v) is 7.98. The van der Waals surface area contributed by atoms with E-state index < -0.39 is 0 Å². The van der Waals surface area contributed by atoms with Crippen molar-refractivity contribution in [3.8, 4) is 0 Å². The fourth-order valence-electron chi connectivity index (χ4n) is 2.23. The van der Waals surface area contributed by atoms with Gasteiger partial charge in [-0.1, -0.05) is 57.1 Å². The Morgan fingerprint density at radius 2 is 1.58 bits per heavy atom. The van der Waals surface area contributed by atoms with Crippen LogP contribution in [0.4, 0.5) is 0 Å². The molecule has 0 spiro atoms. The van der Waals surface area contributed by atoms with Gasteiger partial charge < -0.3 is 5.32 Å². The number of aromatic nitrogens is 3. The maximum absolute atomic E-state index is 3.94. The second-order valence-electron chi connectivity index (χ2n) is 5.24. The molecular weight excluding hydrogens is 236 g/mol. The molecule has 0 fully saturated rings. The average Bonchev–Trinajstić information content (AvgIpc) is 2.93. The van der Waals surface area contributed by atoms with Gasteiger partial charge in [-0.15, -0.1) is 5.10 Å². The van der Waals surface area contributed by atoms with Gasteiger partial charge in [0.05, 0.1) is 6.20 Å². The van der Waals surface area contributed by atoms with E-state index in [0.29, 0.717) is 0 Å². The number of hydrogen-bond acceptors (Lipinski definition) is 3. The van der Waals surface area contributed by atoms with Crippen LogP contribution in [0, 0.1) is 0 Å². The first kappa shape index (κ1) is 16.2. The Hall–Kier alpha value is -0.900. The number of aryl methyl sites for hydroxylation is 1. The molecule has 0 aromatic carbocycles. The summed E-state index contributed by atoms with van der Waals surface area (Å²) in [6, 6.07) is 0.